The highest BCUT2D eigenvalue weighted by Crippen LogP contribution is 2.17. The highest BCUT2D eigenvalue weighted by atomic mass is 15.7. The molecule has 4 heteroatoms. The summed E-state index contributed by atoms with van der Waals surface area (Å²) >= 11 is 0. The molecule has 0 aliphatic heterocycles. The number of hydrogen-bond donors (Lipinski definition) is 0. The number of nitrogens with zero attached hydrogens (tertiary/aromatic N) is 4. The predicted molar refractivity (Wildman–Crippen MR) is 88.9 cm³/mol. The Morgan fingerprint density at radius 2 is 1.65 bits per heavy atom. The zero-order chi connectivity index (χ0) is 15.5. The van der Waals surface area contributed by atoms with Crippen molar-refractivity contribution in [3.8, 4) is 17.1 Å². The van der Waals surface area contributed by atoms with Gasteiger partial charge in [-0.15, -0.1) is 0 Å². The van der Waals surface area contributed by atoms with Crippen molar-refractivity contribution in [2.45, 2.75) is 12.5 Å². The topological polar surface area (TPSA) is 34.6 Å². The van der Waals surface area contributed by atoms with Crippen molar-refractivity contribution in [2.24, 2.45) is 0 Å². The first-order valence-electron chi connectivity index (χ1n) is 7.75. The Balaban J connectivity index is 1.84. The van der Waals surface area contributed by atoms with Gasteiger partial charge >= 0.3 is 5.82 Å². The van der Waals surface area contributed by atoms with Crippen LogP contribution in [0.4, 0.5) is 0 Å². The monoisotopic (exact) mass is 301 g/mol. The van der Waals surface area contributed by atoms with Crippen molar-refractivity contribution in [1.29, 1.82) is 0 Å². The summed E-state index contributed by atoms with van der Waals surface area (Å²) in [6.45, 7) is 0. The highest BCUT2D eigenvalue weighted by Gasteiger charge is 2.26. The summed E-state index contributed by atoms with van der Waals surface area (Å²) in [5, 5.41) is 9.50. The van der Waals surface area contributed by atoms with E-state index >= 15 is 0 Å². The Bertz CT molecular complexity index is 848. The van der Waals surface area contributed by atoms with Gasteiger partial charge in [0.15, 0.2) is 6.04 Å². The molecule has 1 unspecified atom stereocenters. The summed E-state index contributed by atoms with van der Waals surface area (Å²) in [6.07, 6.45) is 9.36. The first-order chi connectivity index (χ1) is 11.4. The van der Waals surface area contributed by atoms with Gasteiger partial charge in [-0.2, -0.15) is 0 Å². The molecular formula is C19H17N4+. The van der Waals surface area contributed by atoms with E-state index in [9.17, 15) is 0 Å². The van der Waals surface area contributed by atoms with Crippen LogP contribution in [0.15, 0.2) is 85.0 Å². The molecular weight excluding hydrogens is 284 g/mol. The molecule has 1 aromatic heterocycles. The average Bonchev–Trinajstić information content (AvgIpc) is 3.09. The van der Waals surface area contributed by atoms with E-state index in [1.807, 2.05) is 70.3 Å². The van der Waals surface area contributed by atoms with Gasteiger partial charge in [0.1, 0.15) is 5.69 Å². The van der Waals surface area contributed by atoms with Crippen LogP contribution in [0, 0.1) is 0 Å². The van der Waals surface area contributed by atoms with Crippen LogP contribution in [0.1, 0.15) is 12.5 Å². The molecule has 0 saturated heterocycles. The summed E-state index contributed by atoms with van der Waals surface area (Å²) in [4.78, 5) is 3.84. The molecule has 0 amide bonds. The fourth-order valence-corrected chi connectivity index (χ4v) is 2.69. The largest absolute Gasteiger partial charge is 0.339 e. The van der Waals surface area contributed by atoms with Gasteiger partial charge in [-0.05, 0) is 40.2 Å². The molecule has 1 aliphatic carbocycles. The third-order valence-corrected chi connectivity index (χ3v) is 3.85. The second-order valence-electron chi connectivity index (χ2n) is 5.45. The Hall–Kier alpha value is -3.01. The first-order valence-corrected chi connectivity index (χ1v) is 7.75. The molecule has 0 spiro atoms. The Labute approximate surface area is 135 Å². The lowest BCUT2D eigenvalue weighted by Crippen LogP contribution is -2.49. The molecule has 0 radical (unpaired) electrons. The molecule has 4 rings (SSSR count). The Morgan fingerprint density at radius 3 is 2.35 bits per heavy atom. The van der Waals surface area contributed by atoms with Crippen LogP contribution in [-0.2, 0) is 0 Å². The summed E-state index contributed by atoms with van der Waals surface area (Å²) in [7, 11) is 0. The third kappa shape index (κ3) is 2.71. The molecule has 4 nitrogen and oxygen atoms in total. The van der Waals surface area contributed by atoms with Crippen LogP contribution < -0.4 is 4.80 Å². The van der Waals surface area contributed by atoms with E-state index in [0.29, 0.717) is 0 Å². The van der Waals surface area contributed by atoms with Crippen LogP contribution in [0.2, 0.25) is 0 Å². The van der Waals surface area contributed by atoms with Crippen LogP contribution in [0.3, 0.4) is 0 Å². The summed E-state index contributed by atoms with van der Waals surface area (Å²) in [5.74, 6) is 0.734. The molecule has 0 N–H and O–H groups in total. The van der Waals surface area contributed by atoms with E-state index < -0.39 is 0 Å². The van der Waals surface area contributed by atoms with Gasteiger partial charge in [0.2, 0.25) is 0 Å². The van der Waals surface area contributed by atoms with Gasteiger partial charge in [-0.1, -0.05) is 54.6 Å². The molecule has 0 fully saturated rings. The lowest BCUT2D eigenvalue weighted by atomic mass is 10.1. The quantitative estimate of drug-likeness (QED) is 0.696. The molecule has 0 bridgehead atoms. The fourth-order valence-electron chi connectivity index (χ4n) is 2.69. The summed E-state index contributed by atoms with van der Waals surface area (Å²) in [5.41, 5.74) is 2.02. The molecule has 0 saturated carbocycles. The van der Waals surface area contributed by atoms with Gasteiger partial charge in [0.05, 0.1) is 10.7 Å². The average molecular weight is 301 g/mol. The normalized spacial score (nSPS) is 16.6. The second kappa shape index (κ2) is 6.01. The second-order valence-corrected chi connectivity index (χ2v) is 5.45. The lowest BCUT2D eigenvalue weighted by Gasteiger charge is -2.09. The number of aromatic nitrogens is 4. The van der Waals surface area contributed by atoms with Gasteiger partial charge < -0.3 is 0 Å². The highest BCUT2D eigenvalue weighted by molar-refractivity contribution is 5.53. The molecule has 112 valence electrons. The summed E-state index contributed by atoms with van der Waals surface area (Å²) < 4.78 is 0. The van der Waals surface area contributed by atoms with E-state index in [0.717, 1.165) is 23.5 Å². The first kappa shape index (κ1) is 13.6. The Kier molecular flexibility index (Phi) is 3.56. The molecule has 1 heterocycles. The molecule has 1 aliphatic rings. The van der Waals surface area contributed by atoms with Crippen molar-refractivity contribution in [2.75, 3.05) is 0 Å². The van der Waals surface area contributed by atoms with Crippen LogP contribution in [0.5, 0.6) is 0 Å². The minimum atomic E-state index is 0.171. The number of rotatable bonds is 3. The number of benzene rings is 2. The third-order valence-electron chi connectivity index (χ3n) is 3.85. The van der Waals surface area contributed by atoms with E-state index in [1.54, 1.807) is 0 Å². The van der Waals surface area contributed by atoms with Gasteiger partial charge in [0, 0.05) is 11.2 Å². The van der Waals surface area contributed by atoms with Gasteiger partial charge in [0.25, 0.3) is 0 Å². The maximum Gasteiger partial charge on any atom is 0.339 e. The standard InChI is InChI=1S/C19H17N4/c1-4-10-16(11-5-1)19-20-22(17-12-6-2-7-13-17)23(21-19)18-14-8-3-9-15-18/h1-14,18H,15H2/q+1. The van der Waals surface area contributed by atoms with Crippen LogP contribution >= 0.6 is 0 Å². The smallest absolute Gasteiger partial charge is 0.0798 e. The number of tetrazole rings is 1. The molecule has 3 aromatic rings. The Morgan fingerprint density at radius 1 is 0.913 bits per heavy atom. The van der Waals surface area contributed by atoms with E-state index in [2.05, 4.69) is 24.3 Å². The predicted octanol–water partition coefficient (Wildman–Crippen LogP) is 3.28. The lowest BCUT2D eigenvalue weighted by molar-refractivity contribution is -0.832. The van der Waals surface area contributed by atoms with Crippen LogP contribution in [0.25, 0.3) is 17.1 Å². The van der Waals surface area contributed by atoms with Crippen LogP contribution in [-0.4, -0.2) is 15.0 Å². The molecule has 1 atom stereocenters. The number of para-hydroxylation sites is 1. The SMILES string of the molecule is C1=CCC([n+]2nc(-c3ccccc3)nn2-c2ccccc2)C=C1. The fraction of sp³-hybridized carbons (Fsp3) is 0.105. The van der Waals surface area contributed by atoms with Crippen molar-refractivity contribution >= 4 is 0 Å². The van der Waals surface area contributed by atoms with E-state index in [1.165, 1.54) is 0 Å². The van der Waals surface area contributed by atoms with Crippen molar-refractivity contribution in [3.05, 3.63) is 85.0 Å². The zero-order valence-corrected chi connectivity index (χ0v) is 12.7. The van der Waals surface area contributed by atoms with Gasteiger partial charge in [-0.3, -0.25) is 0 Å². The minimum Gasteiger partial charge on any atom is -0.0798 e. The van der Waals surface area contributed by atoms with Crippen molar-refractivity contribution < 1.29 is 4.80 Å². The maximum atomic E-state index is 4.76. The van der Waals surface area contributed by atoms with E-state index in [-0.39, 0.29) is 6.04 Å². The minimum absolute atomic E-state index is 0.171. The summed E-state index contributed by atoms with van der Waals surface area (Å²) in [6, 6.07) is 20.4. The van der Waals surface area contributed by atoms with Crippen molar-refractivity contribution in [3.63, 3.8) is 0 Å². The molecule has 23 heavy (non-hydrogen) atoms. The zero-order valence-electron chi connectivity index (χ0n) is 12.7. The van der Waals surface area contributed by atoms with E-state index in [4.69, 9.17) is 10.2 Å². The molecule has 2 aromatic carbocycles. The van der Waals surface area contributed by atoms with Gasteiger partial charge in [-0.25, -0.2) is 0 Å². The number of hydrogen-bond acceptors (Lipinski definition) is 2. The maximum absolute atomic E-state index is 4.76. The van der Waals surface area contributed by atoms with Crippen molar-refractivity contribution in [1.82, 2.24) is 15.0 Å². The number of allylic oxidation sites excluding steroid dienone is 4.